The van der Waals surface area contributed by atoms with Crippen LogP contribution in [0.25, 0.3) is 11.1 Å². The lowest BCUT2D eigenvalue weighted by Crippen LogP contribution is -2.58. The van der Waals surface area contributed by atoms with Gasteiger partial charge in [-0.15, -0.1) is 0 Å². The molecule has 0 aromatic heterocycles. The van der Waals surface area contributed by atoms with Crippen LogP contribution in [-0.2, 0) is 21.4 Å². The molecule has 42 heavy (non-hydrogen) atoms. The number of halogens is 3. The van der Waals surface area contributed by atoms with Gasteiger partial charge in [0.15, 0.2) is 0 Å². The molecule has 1 aliphatic heterocycles. The molecule has 2 aliphatic rings. The van der Waals surface area contributed by atoms with Crippen LogP contribution >= 0.6 is 0 Å². The van der Waals surface area contributed by atoms with Crippen molar-refractivity contribution >= 4 is 11.8 Å². The quantitative estimate of drug-likeness (QED) is 0.319. The first-order valence-corrected chi connectivity index (χ1v) is 14.7. The van der Waals surface area contributed by atoms with E-state index in [1.54, 1.807) is 0 Å². The summed E-state index contributed by atoms with van der Waals surface area (Å²) in [6.07, 6.45) is -2.25. The van der Waals surface area contributed by atoms with Gasteiger partial charge in [-0.25, -0.2) is 0 Å². The number of carbonyl (C=O) groups excluding carboxylic acids is 2. The van der Waals surface area contributed by atoms with Crippen molar-refractivity contribution in [2.24, 2.45) is 0 Å². The molecule has 1 aliphatic carbocycles. The second-order valence-corrected chi connectivity index (χ2v) is 11.6. The van der Waals surface area contributed by atoms with Gasteiger partial charge in [0.2, 0.25) is 11.8 Å². The Labute approximate surface area is 245 Å². The highest BCUT2D eigenvalue weighted by atomic mass is 19.4. The number of hydrogen-bond donors (Lipinski definition) is 1. The molecular formula is C34H38F3N3O2. The van der Waals surface area contributed by atoms with Gasteiger partial charge < -0.3 is 10.2 Å². The molecule has 2 atom stereocenters. The first kappa shape index (κ1) is 29.8. The van der Waals surface area contributed by atoms with Crippen molar-refractivity contribution in [1.82, 2.24) is 15.1 Å². The molecule has 8 heteroatoms. The minimum atomic E-state index is -4.49. The second-order valence-electron chi connectivity index (χ2n) is 11.6. The maximum atomic E-state index is 13.7. The molecule has 0 bridgehead atoms. The van der Waals surface area contributed by atoms with Gasteiger partial charge in [-0.05, 0) is 61.1 Å². The van der Waals surface area contributed by atoms with E-state index in [4.69, 9.17) is 0 Å². The van der Waals surface area contributed by atoms with Crippen molar-refractivity contribution in [3.63, 3.8) is 0 Å². The van der Waals surface area contributed by atoms with Crippen LogP contribution in [0.1, 0.15) is 49.8 Å². The first-order chi connectivity index (χ1) is 20.1. The van der Waals surface area contributed by atoms with Crippen LogP contribution in [0.4, 0.5) is 13.2 Å². The summed E-state index contributed by atoms with van der Waals surface area (Å²) >= 11 is 0. The number of nitrogens with zero attached hydrogens (tertiary/aromatic N) is 2. The van der Waals surface area contributed by atoms with Gasteiger partial charge in [-0.3, -0.25) is 14.5 Å². The molecule has 0 spiro atoms. The van der Waals surface area contributed by atoms with Gasteiger partial charge in [-0.2, -0.15) is 13.2 Å². The van der Waals surface area contributed by atoms with Crippen LogP contribution in [-0.4, -0.2) is 66.1 Å². The predicted octanol–water partition coefficient (Wildman–Crippen LogP) is 5.97. The molecule has 5 rings (SSSR count). The zero-order chi connectivity index (χ0) is 29.9. The summed E-state index contributed by atoms with van der Waals surface area (Å²) in [5, 5.41) is 2.21. The zero-order valence-electron chi connectivity index (χ0n) is 24.2. The standard InChI is InChI=1S/C34H38F3N3O2/c1-24-21-39(31(41)20-26-12-4-3-5-13-26)22-25(2)40(24)19-11-10-18-33(32(42)38-23-34(35,36)37)29-16-8-6-14-27(29)28-15-7-9-17-30(28)33/h3-9,12-17,24-25H,10-11,18-23H2,1-2H3,(H,38,42). The molecule has 1 heterocycles. The van der Waals surface area contributed by atoms with Crippen LogP contribution in [0.3, 0.4) is 0 Å². The average molecular weight is 578 g/mol. The summed E-state index contributed by atoms with van der Waals surface area (Å²) in [5.74, 6) is -0.477. The van der Waals surface area contributed by atoms with Crippen LogP contribution in [0, 0.1) is 0 Å². The molecule has 1 saturated heterocycles. The molecule has 3 aromatic carbocycles. The van der Waals surface area contributed by atoms with Gasteiger partial charge >= 0.3 is 6.18 Å². The summed E-state index contributed by atoms with van der Waals surface area (Å²) in [6, 6.07) is 25.2. The fraction of sp³-hybridized carbons (Fsp3) is 0.412. The molecular weight excluding hydrogens is 539 g/mol. The molecule has 2 amide bonds. The number of rotatable bonds is 9. The van der Waals surface area contributed by atoms with E-state index in [-0.39, 0.29) is 18.0 Å². The number of fused-ring (bicyclic) bond motifs is 3. The van der Waals surface area contributed by atoms with Crippen molar-refractivity contribution in [2.75, 3.05) is 26.2 Å². The molecule has 1 fully saturated rings. The Bertz CT molecular complexity index is 1350. The highest BCUT2D eigenvalue weighted by Gasteiger charge is 2.49. The summed E-state index contributed by atoms with van der Waals surface area (Å²) < 4.78 is 39.4. The Balaban J connectivity index is 1.27. The molecule has 222 valence electrons. The van der Waals surface area contributed by atoms with E-state index in [0.717, 1.165) is 40.8 Å². The number of unbranched alkanes of at least 4 members (excludes halogenated alkanes) is 1. The second kappa shape index (κ2) is 12.3. The smallest absolute Gasteiger partial charge is 0.346 e. The Morgan fingerprint density at radius 1 is 0.833 bits per heavy atom. The highest BCUT2D eigenvalue weighted by molar-refractivity contribution is 6.00. The minimum Gasteiger partial charge on any atom is -0.346 e. The van der Waals surface area contributed by atoms with Crippen molar-refractivity contribution in [3.8, 4) is 11.1 Å². The van der Waals surface area contributed by atoms with E-state index in [2.05, 4.69) is 24.1 Å². The van der Waals surface area contributed by atoms with Gasteiger partial charge in [0.05, 0.1) is 6.42 Å². The molecule has 1 N–H and O–H groups in total. The Hall–Kier alpha value is -3.65. The number of amides is 2. The van der Waals surface area contributed by atoms with Crippen molar-refractivity contribution in [2.45, 2.75) is 63.2 Å². The minimum absolute atomic E-state index is 0.130. The first-order valence-electron chi connectivity index (χ1n) is 14.7. The summed E-state index contributed by atoms with van der Waals surface area (Å²) in [4.78, 5) is 31.1. The summed E-state index contributed by atoms with van der Waals surface area (Å²) in [6.45, 7) is 5.00. The lowest BCUT2D eigenvalue weighted by molar-refractivity contribution is -0.141. The fourth-order valence-corrected chi connectivity index (χ4v) is 6.85. The maximum Gasteiger partial charge on any atom is 0.405 e. The third kappa shape index (κ3) is 6.09. The summed E-state index contributed by atoms with van der Waals surface area (Å²) in [5.41, 5.74) is 3.14. The lowest BCUT2D eigenvalue weighted by atomic mass is 9.73. The number of alkyl halides is 3. The van der Waals surface area contributed by atoms with Gasteiger partial charge in [0, 0.05) is 25.2 Å². The fourth-order valence-electron chi connectivity index (χ4n) is 6.85. The lowest BCUT2D eigenvalue weighted by Gasteiger charge is -2.44. The van der Waals surface area contributed by atoms with E-state index in [9.17, 15) is 22.8 Å². The topological polar surface area (TPSA) is 52.7 Å². The molecule has 5 nitrogen and oxygen atoms in total. The Kier molecular flexibility index (Phi) is 8.73. The van der Waals surface area contributed by atoms with E-state index < -0.39 is 24.0 Å². The average Bonchev–Trinajstić information content (AvgIpc) is 3.26. The third-order valence-corrected chi connectivity index (χ3v) is 8.77. The number of benzene rings is 3. The molecule has 0 radical (unpaired) electrons. The third-order valence-electron chi connectivity index (χ3n) is 8.77. The van der Waals surface area contributed by atoms with Gasteiger partial charge in [-0.1, -0.05) is 85.3 Å². The van der Waals surface area contributed by atoms with Crippen molar-refractivity contribution in [1.29, 1.82) is 0 Å². The van der Waals surface area contributed by atoms with Crippen LogP contribution in [0.5, 0.6) is 0 Å². The monoisotopic (exact) mass is 577 g/mol. The number of nitrogens with one attached hydrogen (secondary N) is 1. The Morgan fingerprint density at radius 2 is 1.38 bits per heavy atom. The molecule has 2 unspecified atom stereocenters. The van der Waals surface area contributed by atoms with Crippen molar-refractivity contribution in [3.05, 3.63) is 95.6 Å². The van der Waals surface area contributed by atoms with Crippen LogP contribution in [0.15, 0.2) is 78.9 Å². The Morgan fingerprint density at radius 3 is 1.95 bits per heavy atom. The van der Waals surface area contributed by atoms with Crippen molar-refractivity contribution < 1.29 is 22.8 Å². The maximum absolute atomic E-state index is 13.7. The number of carbonyl (C=O) groups is 2. The zero-order valence-corrected chi connectivity index (χ0v) is 24.2. The predicted molar refractivity (Wildman–Crippen MR) is 158 cm³/mol. The summed E-state index contributed by atoms with van der Waals surface area (Å²) in [7, 11) is 0. The highest BCUT2D eigenvalue weighted by Crippen LogP contribution is 2.51. The van der Waals surface area contributed by atoms with E-state index >= 15 is 0 Å². The largest absolute Gasteiger partial charge is 0.405 e. The normalized spacial score (nSPS) is 19.7. The SMILES string of the molecule is CC1CN(C(=O)Cc2ccccc2)CC(C)N1CCCCC1(C(=O)NCC(F)(F)F)c2ccccc2-c2ccccc21. The molecule has 0 saturated carbocycles. The van der Waals surface area contributed by atoms with Gasteiger partial charge in [0.1, 0.15) is 12.0 Å². The van der Waals surface area contributed by atoms with Gasteiger partial charge in [0.25, 0.3) is 0 Å². The van der Waals surface area contributed by atoms with E-state index in [1.807, 2.05) is 83.8 Å². The number of hydrogen-bond acceptors (Lipinski definition) is 3. The molecule has 3 aromatic rings. The number of piperazine rings is 1. The van der Waals surface area contributed by atoms with E-state index in [1.165, 1.54) is 0 Å². The van der Waals surface area contributed by atoms with E-state index in [0.29, 0.717) is 32.4 Å². The van der Waals surface area contributed by atoms with Crippen LogP contribution in [0.2, 0.25) is 0 Å². The van der Waals surface area contributed by atoms with Crippen LogP contribution < -0.4 is 5.32 Å².